The Morgan fingerprint density at radius 2 is 1.76 bits per heavy atom. The summed E-state index contributed by atoms with van der Waals surface area (Å²) in [6.45, 7) is 5.99. The molecule has 0 aromatic heterocycles. The summed E-state index contributed by atoms with van der Waals surface area (Å²) in [5, 5.41) is 7.14. The third-order valence-corrected chi connectivity index (χ3v) is 5.91. The fraction of sp³-hybridized carbons (Fsp3) is 0.458. The highest BCUT2D eigenvalue weighted by Crippen LogP contribution is 2.41. The third-order valence-electron chi connectivity index (χ3n) is 5.91. The Kier molecular flexibility index (Phi) is 6.45. The van der Waals surface area contributed by atoms with Crippen LogP contribution in [0, 0.1) is 5.82 Å². The second kappa shape index (κ2) is 9.40. The first-order chi connectivity index (χ1) is 14.2. The van der Waals surface area contributed by atoms with E-state index in [0.717, 1.165) is 57.0 Å². The van der Waals surface area contributed by atoms with Crippen LogP contribution in [0.15, 0.2) is 59.6 Å². The number of nitrogens with zero attached hydrogens (tertiary/aromatic N) is 2. The molecule has 1 saturated carbocycles. The molecule has 2 aliphatic rings. The summed E-state index contributed by atoms with van der Waals surface area (Å²) in [7, 11) is 0. The first kappa shape index (κ1) is 19.9. The molecule has 1 aliphatic heterocycles. The molecule has 2 fully saturated rings. The lowest BCUT2D eigenvalue weighted by molar-refractivity contribution is 0.198. The van der Waals surface area contributed by atoms with Gasteiger partial charge in [0.2, 0.25) is 0 Å². The van der Waals surface area contributed by atoms with Crippen molar-refractivity contribution in [2.75, 3.05) is 19.6 Å². The van der Waals surface area contributed by atoms with Gasteiger partial charge in [-0.1, -0.05) is 48.5 Å². The highest BCUT2D eigenvalue weighted by atomic mass is 19.1. The molecule has 1 saturated heterocycles. The summed E-state index contributed by atoms with van der Waals surface area (Å²) in [6, 6.07) is 18.5. The number of hydrogen-bond donors (Lipinski definition) is 2. The molecule has 2 atom stereocenters. The van der Waals surface area contributed by atoms with Gasteiger partial charge in [-0.15, -0.1) is 0 Å². The maximum atomic E-state index is 14.0. The smallest absolute Gasteiger partial charge is 0.191 e. The molecule has 2 N–H and O–H groups in total. The van der Waals surface area contributed by atoms with Crippen LogP contribution in [-0.4, -0.2) is 42.6 Å². The highest BCUT2D eigenvalue weighted by Gasteiger charge is 2.40. The molecule has 29 heavy (non-hydrogen) atoms. The van der Waals surface area contributed by atoms with Crippen molar-refractivity contribution in [1.82, 2.24) is 15.5 Å². The predicted octanol–water partition coefficient (Wildman–Crippen LogP) is 3.90. The molecule has 5 heteroatoms. The third kappa shape index (κ3) is 5.36. The number of aliphatic imine (C=N–C) groups is 1. The summed E-state index contributed by atoms with van der Waals surface area (Å²) in [4.78, 5) is 7.14. The van der Waals surface area contributed by atoms with E-state index in [9.17, 15) is 4.39 Å². The maximum absolute atomic E-state index is 14.0. The molecule has 154 valence electrons. The number of piperidine rings is 1. The zero-order valence-corrected chi connectivity index (χ0v) is 17.2. The molecule has 1 heterocycles. The molecule has 0 bridgehead atoms. The lowest BCUT2D eigenvalue weighted by Crippen LogP contribution is -2.49. The molecule has 2 aromatic carbocycles. The van der Waals surface area contributed by atoms with Crippen molar-refractivity contribution < 1.29 is 4.39 Å². The summed E-state index contributed by atoms with van der Waals surface area (Å²) in [5.74, 6) is 1.01. The van der Waals surface area contributed by atoms with Crippen LogP contribution in [0.2, 0.25) is 0 Å². The molecular formula is C24H31FN4. The monoisotopic (exact) mass is 394 g/mol. The standard InChI is InChI=1S/C24H31FN4/c1-2-26-24(28-23-16-21(23)20-10-6-7-11-22(20)25)27-19-12-14-29(15-13-19)17-18-8-4-3-5-9-18/h3-11,19,21,23H,2,12-17H2,1H3,(H2,26,27,28). The summed E-state index contributed by atoms with van der Waals surface area (Å²) in [5.41, 5.74) is 2.19. The van der Waals surface area contributed by atoms with Gasteiger partial charge in [0, 0.05) is 44.2 Å². The molecule has 0 amide bonds. The Labute approximate surface area is 173 Å². The largest absolute Gasteiger partial charge is 0.354 e. The Hall–Kier alpha value is -2.40. The number of benzene rings is 2. The van der Waals surface area contributed by atoms with E-state index in [1.807, 2.05) is 19.1 Å². The molecule has 0 spiro atoms. The Morgan fingerprint density at radius 1 is 1.03 bits per heavy atom. The molecular weight excluding hydrogens is 363 g/mol. The van der Waals surface area contributed by atoms with Crippen LogP contribution in [0.25, 0.3) is 0 Å². The summed E-state index contributed by atoms with van der Waals surface area (Å²) in [6.07, 6.45) is 3.18. The van der Waals surface area contributed by atoms with Gasteiger partial charge in [0.1, 0.15) is 5.82 Å². The number of rotatable bonds is 6. The van der Waals surface area contributed by atoms with Crippen LogP contribution in [-0.2, 0) is 6.54 Å². The van der Waals surface area contributed by atoms with Crippen LogP contribution in [0.3, 0.4) is 0 Å². The Balaban J connectivity index is 1.26. The topological polar surface area (TPSA) is 39.7 Å². The van der Waals surface area contributed by atoms with E-state index in [4.69, 9.17) is 0 Å². The van der Waals surface area contributed by atoms with E-state index in [2.05, 4.69) is 50.9 Å². The van der Waals surface area contributed by atoms with Crippen molar-refractivity contribution in [1.29, 1.82) is 0 Å². The van der Waals surface area contributed by atoms with Crippen LogP contribution < -0.4 is 10.6 Å². The van der Waals surface area contributed by atoms with Gasteiger partial charge in [0.05, 0.1) is 0 Å². The van der Waals surface area contributed by atoms with Gasteiger partial charge in [-0.05, 0) is 43.4 Å². The number of halogens is 1. The Morgan fingerprint density at radius 3 is 2.48 bits per heavy atom. The van der Waals surface area contributed by atoms with Crippen LogP contribution in [0.4, 0.5) is 4.39 Å². The zero-order chi connectivity index (χ0) is 20.1. The van der Waals surface area contributed by atoms with Crippen LogP contribution in [0.1, 0.15) is 43.2 Å². The normalized spacial score (nSPS) is 23.0. The van der Waals surface area contributed by atoms with Crippen molar-refractivity contribution in [3.8, 4) is 0 Å². The van der Waals surface area contributed by atoms with Crippen LogP contribution in [0.5, 0.6) is 0 Å². The quantitative estimate of drug-likeness (QED) is 0.577. The first-order valence-electron chi connectivity index (χ1n) is 10.8. The molecule has 0 radical (unpaired) electrons. The van der Waals surface area contributed by atoms with Gasteiger partial charge in [0.15, 0.2) is 5.96 Å². The van der Waals surface area contributed by atoms with Crippen molar-refractivity contribution in [3.05, 3.63) is 71.5 Å². The lowest BCUT2D eigenvalue weighted by Gasteiger charge is -2.33. The van der Waals surface area contributed by atoms with E-state index >= 15 is 0 Å². The van der Waals surface area contributed by atoms with E-state index in [1.54, 1.807) is 12.1 Å². The minimum absolute atomic E-state index is 0.102. The van der Waals surface area contributed by atoms with Gasteiger partial charge in [0.25, 0.3) is 0 Å². The fourth-order valence-electron chi connectivity index (χ4n) is 4.21. The van der Waals surface area contributed by atoms with E-state index in [0.29, 0.717) is 6.04 Å². The van der Waals surface area contributed by atoms with E-state index in [1.165, 1.54) is 5.56 Å². The second-order valence-electron chi connectivity index (χ2n) is 8.12. The van der Waals surface area contributed by atoms with Crippen molar-refractivity contribution >= 4 is 5.96 Å². The summed E-state index contributed by atoms with van der Waals surface area (Å²) >= 11 is 0. The predicted molar refractivity (Wildman–Crippen MR) is 117 cm³/mol. The van der Waals surface area contributed by atoms with E-state index < -0.39 is 0 Å². The Bertz CT molecular complexity index is 815. The van der Waals surface area contributed by atoms with Crippen LogP contribution >= 0.6 is 0 Å². The van der Waals surface area contributed by atoms with Gasteiger partial charge in [-0.3, -0.25) is 9.89 Å². The molecule has 2 aromatic rings. The molecule has 2 unspecified atom stereocenters. The lowest BCUT2D eigenvalue weighted by atomic mass is 10.0. The maximum Gasteiger partial charge on any atom is 0.191 e. The highest BCUT2D eigenvalue weighted by molar-refractivity contribution is 5.81. The van der Waals surface area contributed by atoms with Gasteiger partial charge in [-0.25, -0.2) is 4.39 Å². The average molecular weight is 395 g/mol. The number of hydrogen-bond acceptors (Lipinski definition) is 2. The van der Waals surface area contributed by atoms with E-state index in [-0.39, 0.29) is 17.8 Å². The summed E-state index contributed by atoms with van der Waals surface area (Å²) < 4.78 is 14.0. The van der Waals surface area contributed by atoms with Gasteiger partial charge < -0.3 is 10.6 Å². The van der Waals surface area contributed by atoms with Crippen molar-refractivity contribution in [2.24, 2.45) is 4.99 Å². The number of guanidine groups is 1. The molecule has 1 aliphatic carbocycles. The zero-order valence-electron chi connectivity index (χ0n) is 17.2. The average Bonchev–Trinajstić information content (AvgIpc) is 3.49. The van der Waals surface area contributed by atoms with Gasteiger partial charge >= 0.3 is 0 Å². The molecule has 4 rings (SSSR count). The minimum atomic E-state index is -0.102. The second-order valence-corrected chi connectivity index (χ2v) is 8.12. The first-order valence-corrected chi connectivity index (χ1v) is 10.8. The van der Waals surface area contributed by atoms with Gasteiger partial charge in [-0.2, -0.15) is 0 Å². The van der Waals surface area contributed by atoms with Crippen molar-refractivity contribution in [3.63, 3.8) is 0 Å². The number of likely N-dealkylation sites (tertiary alicyclic amines) is 1. The fourth-order valence-corrected chi connectivity index (χ4v) is 4.21. The SMILES string of the molecule is CCN=C(NC1CCN(Cc2ccccc2)CC1)NC1CC1c1ccccc1F. The minimum Gasteiger partial charge on any atom is -0.354 e. The molecule has 4 nitrogen and oxygen atoms in total. The number of nitrogens with one attached hydrogen (secondary N) is 2. The van der Waals surface area contributed by atoms with Crippen molar-refractivity contribution in [2.45, 2.75) is 50.7 Å².